The highest BCUT2D eigenvalue weighted by molar-refractivity contribution is 5.73. The van der Waals surface area contributed by atoms with Crippen LogP contribution >= 0.6 is 0 Å². The van der Waals surface area contributed by atoms with Gasteiger partial charge in [-0.25, -0.2) is 4.68 Å². The van der Waals surface area contributed by atoms with Gasteiger partial charge in [-0.3, -0.25) is 9.48 Å². The number of aliphatic hydroxyl groups excluding tert-OH is 3. The van der Waals surface area contributed by atoms with E-state index in [-0.39, 0.29) is 37.3 Å². The minimum Gasteiger partial charge on any atom is -0.459 e. The number of hydrogen-bond donors (Lipinski definition) is 5. The Morgan fingerprint density at radius 3 is 2.25 bits per heavy atom. The summed E-state index contributed by atoms with van der Waals surface area (Å²) in [5, 5.41) is 77.3. The van der Waals surface area contributed by atoms with Crippen LogP contribution in [-0.2, 0) is 47.9 Å². The SMILES string of the molecule is CC[C@H]1OC(=O)[C@H](C)[C@@H](C2C[C@@](C)(OC)[C@@H](O)[C@H](C)O2)[C@H](C)[C@@H](O[C@@H]2O[C@H](C)C[C@H](N(C)CCc3cn(CCCCc4ccc(-n5cc(C)nn5)cc4)nn3)[C@H]2O)[C@](C)(O)C[C@@H](C)CN(C)[C@H](C)[C@@H](O)[C@]1(C)O. The van der Waals surface area contributed by atoms with Crippen molar-refractivity contribution in [2.24, 2.45) is 23.7 Å². The fourth-order valence-electron chi connectivity index (χ4n) is 12.1. The number of esters is 1. The molecular weight excluding hydrogens is 937 g/mol. The number of aliphatic hydroxyl groups is 5. The number of cyclic esters (lactones) is 1. The Kier molecular flexibility index (Phi) is 19.9. The summed E-state index contributed by atoms with van der Waals surface area (Å²) in [6.07, 6.45) is 0.201. The number of unbranched alkanes of at least 4 members (excludes halogenated alkanes) is 1. The average molecular weight is 1030 g/mol. The van der Waals surface area contributed by atoms with Gasteiger partial charge in [0.25, 0.3) is 0 Å². The molecule has 3 aliphatic heterocycles. The third kappa shape index (κ3) is 13.9. The molecule has 0 radical (unpaired) electrons. The molecule has 3 fully saturated rings. The van der Waals surface area contributed by atoms with Gasteiger partial charge in [-0.05, 0) is 131 Å². The van der Waals surface area contributed by atoms with Crippen molar-refractivity contribution in [2.75, 3.05) is 34.3 Å². The highest BCUT2D eigenvalue weighted by Gasteiger charge is 2.55. The molecule has 0 saturated carbocycles. The van der Waals surface area contributed by atoms with E-state index in [0.29, 0.717) is 25.9 Å². The van der Waals surface area contributed by atoms with Gasteiger partial charge in [0.1, 0.15) is 30.0 Å². The first-order valence-electron chi connectivity index (χ1n) is 26.8. The Labute approximate surface area is 433 Å². The number of benzene rings is 1. The van der Waals surface area contributed by atoms with Crippen molar-refractivity contribution in [3.05, 3.63) is 53.6 Å². The molecule has 73 heavy (non-hydrogen) atoms. The number of likely N-dealkylation sites (N-methyl/N-ethyl adjacent to an activating group) is 2. The number of rotatable bonds is 15. The summed E-state index contributed by atoms with van der Waals surface area (Å²) in [7, 11) is 5.37. The van der Waals surface area contributed by atoms with Crippen LogP contribution in [0, 0.1) is 30.6 Å². The van der Waals surface area contributed by atoms with E-state index in [1.54, 1.807) is 39.5 Å². The second-order valence-corrected chi connectivity index (χ2v) is 22.9. The lowest BCUT2D eigenvalue weighted by Gasteiger charge is -2.51. The van der Waals surface area contributed by atoms with Crippen LogP contribution in [0.3, 0.4) is 0 Å². The first kappa shape index (κ1) is 58.8. The molecule has 0 amide bonds. The number of nitrogens with zero attached hydrogens (tertiary/aromatic N) is 8. The summed E-state index contributed by atoms with van der Waals surface area (Å²) >= 11 is 0. The number of carbonyl (C=O) groups is 1. The Bertz CT molecular complexity index is 2190. The van der Waals surface area contributed by atoms with Gasteiger partial charge >= 0.3 is 5.97 Å². The fraction of sp³-hybridized carbons (Fsp3) is 0.796. The maximum atomic E-state index is 14.6. The molecule has 5 heterocycles. The van der Waals surface area contributed by atoms with Crippen LogP contribution in [0.1, 0.15) is 125 Å². The summed E-state index contributed by atoms with van der Waals surface area (Å²) in [4.78, 5) is 18.7. The predicted molar refractivity (Wildman–Crippen MR) is 274 cm³/mol. The van der Waals surface area contributed by atoms with Crippen LogP contribution in [0.4, 0.5) is 0 Å². The number of carbonyl (C=O) groups excluding carboxylic acids is 1. The minimum absolute atomic E-state index is 0.163. The van der Waals surface area contributed by atoms with E-state index in [2.05, 4.69) is 49.8 Å². The zero-order chi connectivity index (χ0) is 53.7. The van der Waals surface area contributed by atoms with Crippen LogP contribution in [0.15, 0.2) is 36.7 Å². The molecule has 6 rings (SSSR count). The molecule has 412 valence electrons. The zero-order valence-corrected chi connectivity index (χ0v) is 46.2. The standard InChI is InChI=1S/C54H90N8O11/c1-15-44-54(11,68)47(64)37(7)60(13)29-32(2)27-52(9,67)49(35(5)45(36(6)50(66)72-44)43-28-53(10,69-14)48(65)38(8)71-43)73-51-46(63)42(26-34(4)70-51)59(12)25-23-40-31-61(57-56-40)24-17-16-18-39-19-21-41(22-20-39)62-30-33(3)55-58-62/h19-22,30-32,34-38,42-49,51,63-65,67-68H,15-18,23-29H2,1-14H3/t32-,34-,35+,36-,37-,38+,42+,43?,44-,45+,46-,47-,48+,49-,51+,52-,53-,54-/m1/s1. The fourth-order valence-corrected chi connectivity index (χ4v) is 12.1. The zero-order valence-electron chi connectivity index (χ0n) is 46.2. The first-order chi connectivity index (χ1) is 34.3. The molecular formula is C54H90N8O11. The highest BCUT2D eigenvalue weighted by atomic mass is 16.7. The van der Waals surface area contributed by atoms with Crippen molar-refractivity contribution >= 4 is 5.97 Å². The van der Waals surface area contributed by atoms with Gasteiger partial charge in [-0.1, -0.05) is 50.3 Å². The number of hydrogen-bond acceptors (Lipinski definition) is 17. The second-order valence-electron chi connectivity index (χ2n) is 22.9. The quantitative estimate of drug-likeness (QED) is 0.106. The first-order valence-corrected chi connectivity index (χ1v) is 26.8. The minimum atomic E-state index is -1.81. The molecule has 19 nitrogen and oxygen atoms in total. The van der Waals surface area contributed by atoms with Gasteiger partial charge in [-0.15, -0.1) is 10.2 Å². The topological polar surface area (TPSA) is 232 Å². The maximum Gasteiger partial charge on any atom is 0.309 e. The van der Waals surface area contributed by atoms with Crippen molar-refractivity contribution < 1.29 is 54.0 Å². The third-order valence-electron chi connectivity index (χ3n) is 16.7. The molecule has 0 spiro atoms. The van der Waals surface area contributed by atoms with Crippen LogP contribution in [0.25, 0.3) is 5.69 Å². The molecule has 2 aromatic heterocycles. The van der Waals surface area contributed by atoms with Crippen LogP contribution in [0.5, 0.6) is 0 Å². The summed E-state index contributed by atoms with van der Waals surface area (Å²) in [6, 6.07) is 7.46. The van der Waals surface area contributed by atoms with Crippen molar-refractivity contribution in [1.82, 2.24) is 39.8 Å². The molecule has 19 heteroatoms. The molecule has 5 N–H and O–H groups in total. The van der Waals surface area contributed by atoms with Gasteiger partial charge in [0, 0.05) is 63.8 Å². The normalized spacial score (nSPS) is 38.7. The molecule has 0 bridgehead atoms. The van der Waals surface area contributed by atoms with Gasteiger partial charge in [0.2, 0.25) is 0 Å². The van der Waals surface area contributed by atoms with Gasteiger partial charge in [-0.2, -0.15) is 0 Å². The summed E-state index contributed by atoms with van der Waals surface area (Å²) in [5.74, 6) is -3.09. The Hall–Kier alpha value is -3.47. The van der Waals surface area contributed by atoms with E-state index in [1.165, 1.54) is 12.5 Å². The lowest BCUT2D eigenvalue weighted by Crippen LogP contribution is -2.62. The number of aromatic nitrogens is 6. The van der Waals surface area contributed by atoms with Crippen LogP contribution < -0.4 is 0 Å². The van der Waals surface area contributed by atoms with Gasteiger partial charge in [0.15, 0.2) is 6.29 Å². The van der Waals surface area contributed by atoms with Crippen molar-refractivity contribution in [3.8, 4) is 5.69 Å². The van der Waals surface area contributed by atoms with E-state index >= 15 is 0 Å². The predicted octanol–water partition coefficient (Wildman–Crippen LogP) is 4.29. The smallest absolute Gasteiger partial charge is 0.309 e. The van der Waals surface area contributed by atoms with Crippen LogP contribution in [0.2, 0.25) is 0 Å². The van der Waals surface area contributed by atoms with Gasteiger partial charge in [0.05, 0.1) is 64.8 Å². The van der Waals surface area contributed by atoms with Crippen molar-refractivity contribution in [1.29, 1.82) is 0 Å². The summed E-state index contributed by atoms with van der Waals surface area (Å²) < 4.78 is 35.9. The number of methoxy groups -OCH3 is 1. The highest BCUT2D eigenvalue weighted by Crippen LogP contribution is 2.45. The van der Waals surface area contributed by atoms with Gasteiger partial charge < -0.3 is 59.0 Å². The van der Waals surface area contributed by atoms with E-state index in [1.807, 2.05) is 77.6 Å². The maximum absolute atomic E-state index is 14.6. The lowest BCUT2D eigenvalue weighted by atomic mass is 9.68. The number of aryl methyl sites for hydroxylation is 3. The molecule has 1 aromatic carbocycles. The molecule has 3 saturated heterocycles. The summed E-state index contributed by atoms with van der Waals surface area (Å²) in [5.41, 5.74) is -0.470. The van der Waals surface area contributed by atoms with E-state index < -0.39 is 95.6 Å². The molecule has 1 unspecified atom stereocenters. The van der Waals surface area contributed by atoms with E-state index in [9.17, 15) is 30.3 Å². The Morgan fingerprint density at radius 2 is 1.60 bits per heavy atom. The average Bonchev–Trinajstić information content (AvgIpc) is 4.00. The largest absolute Gasteiger partial charge is 0.459 e. The Balaban J connectivity index is 1.19. The van der Waals surface area contributed by atoms with Crippen molar-refractivity contribution in [3.63, 3.8) is 0 Å². The third-order valence-corrected chi connectivity index (χ3v) is 16.7. The van der Waals surface area contributed by atoms with Crippen molar-refractivity contribution in [2.45, 2.75) is 218 Å². The van der Waals surface area contributed by atoms with E-state index in [0.717, 1.165) is 42.9 Å². The second kappa shape index (κ2) is 24.7. The Morgan fingerprint density at radius 1 is 0.904 bits per heavy atom. The van der Waals surface area contributed by atoms with E-state index in [4.69, 9.17) is 23.7 Å². The summed E-state index contributed by atoms with van der Waals surface area (Å²) in [6.45, 7) is 21.7. The molecule has 3 aliphatic rings. The molecule has 0 aliphatic carbocycles. The monoisotopic (exact) mass is 1030 g/mol. The molecule has 3 aromatic rings. The lowest BCUT2D eigenvalue weighted by molar-refractivity contribution is -0.302. The number of ether oxygens (including phenoxy) is 5. The van der Waals surface area contributed by atoms with Crippen LogP contribution in [-0.4, -0.2) is 190 Å². The molecule has 18 atom stereocenters.